The molecular formula is C29H26N2. The number of aromatic nitrogens is 2. The zero-order chi connectivity index (χ0) is 21.1. The average molecular weight is 403 g/mol. The van der Waals surface area contributed by atoms with Crippen LogP contribution in [0.3, 0.4) is 0 Å². The molecule has 0 amide bonds. The van der Waals surface area contributed by atoms with Gasteiger partial charge in [0.15, 0.2) is 0 Å². The van der Waals surface area contributed by atoms with Gasteiger partial charge in [-0.1, -0.05) is 66.7 Å². The third-order valence-electron chi connectivity index (χ3n) is 6.97. The van der Waals surface area contributed by atoms with E-state index >= 15 is 0 Å². The molecule has 4 aromatic carbocycles. The van der Waals surface area contributed by atoms with E-state index in [4.69, 9.17) is 0 Å². The van der Waals surface area contributed by atoms with Crippen molar-refractivity contribution < 1.29 is 0 Å². The SMILES string of the molecule is CCn1c2ccccc2c2c(C)c(C)c3c(c4ccccc4n3Cc3ccccc3)c21. The molecule has 0 saturated heterocycles. The van der Waals surface area contributed by atoms with E-state index in [-0.39, 0.29) is 0 Å². The average Bonchev–Trinajstić information content (AvgIpc) is 3.31. The number of hydrogen-bond donors (Lipinski definition) is 0. The van der Waals surface area contributed by atoms with Crippen LogP contribution >= 0.6 is 0 Å². The van der Waals surface area contributed by atoms with Gasteiger partial charge < -0.3 is 9.13 Å². The van der Waals surface area contributed by atoms with Crippen LogP contribution in [-0.4, -0.2) is 9.13 Å². The summed E-state index contributed by atoms with van der Waals surface area (Å²) in [6.07, 6.45) is 0. The quantitative estimate of drug-likeness (QED) is 0.289. The number of nitrogens with zero attached hydrogens (tertiary/aromatic N) is 2. The van der Waals surface area contributed by atoms with Crippen LogP contribution in [0, 0.1) is 13.8 Å². The summed E-state index contributed by atoms with van der Waals surface area (Å²) in [6.45, 7) is 8.70. The van der Waals surface area contributed by atoms with E-state index < -0.39 is 0 Å². The highest BCUT2D eigenvalue weighted by molar-refractivity contribution is 6.27. The number of aryl methyl sites for hydroxylation is 3. The van der Waals surface area contributed by atoms with Gasteiger partial charge in [-0.25, -0.2) is 0 Å². The number of benzene rings is 4. The third kappa shape index (κ3) is 2.45. The molecule has 0 radical (unpaired) electrons. The Kier molecular flexibility index (Phi) is 3.97. The zero-order valence-corrected chi connectivity index (χ0v) is 18.3. The maximum Gasteiger partial charge on any atom is 0.0595 e. The molecule has 2 heteroatoms. The molecule has 0 unspecified atom stereocenters. The lowest BCUT2D eigenvalue weighted by Crippen LogP contribution is -2.02. The van der Waals surface area contributed by atoms with Crippen molar-refractivity contribution in [3.8, 4) is 0 Å². The first-order chi connectivity index (χ1) is 15.2. The highest BCUT2D eigenvalue weighted by atomic mass is 15.0. The summed E-state index contributed by atoms with van der Waals surface area (Å²) in [4.78, 5) is 0. The van der Waals surface area contributed by atoms with Crippen molar-refractivity contribution in [1.82, 2.24) is 9.13 Å². The molecule has 0 aliphatic carbocycles. The minimum absolute atomic E-state index is 0.878. The molecule has 0 saturated carbocycles. The van der Waals surface area contributed by atoms with Gasteiger partial charge in [0.25, 0.3) is 0 Å². The predicted molar refractivity (Wildman–Crippen MR) is 133 cm³/mol. The smallest absolute Gasteiger partial charge is 0.0595 e. The molecule has 2 aromatic heterocycles. The Bertz CT molecular complexity index is 1600. The van der Waals surface area contributed by atoms with Crippen LogP contribution in [0.4, 0.5) is 0 Å². The molecule has 0 N–H and O–H groups in total. The van der Waals surface area contributed by atoms with Crippen LogP contribution in [0.2, 0.25) is 0 Å². The van der Waals surface area contributed by atoms with Crippen molar-refractivity contribution in [2.24, 2.45) is 0 Å². The van der Waals surface area contributed by atoms with E-state index in [0.29, 0.717) is 0 Å². The van der Waals surface area contributed by atoms with E-state index in [1.165, 1.54) is 60.3 Å². The predicted octanol–water partition coefficient (Wildman–Crippen LogP) is 7.59. The van der Waals surface area contributed by atoms with Crippen molar-refractivity contribution in [2.75, 3.05) is 0 Å². The summed E-state index contributed by atoms with van der Waals surface area (Å²) in [5.74, 6) is 0. The molecule has 0 spiro atoms. The Morgan fingerprint density at radius 1 is 0.581 bits per heavy atom. The van der Waals surface area contributed by atoms with E-state index in [2.05, 4.69) is 109 Å². The van der Waals surface area contributed by atoms with Gasteiger partial charge in [-0.2, -0.15) is 0 Å². The van der Waals surface area contributed by atoms with Crippen LogP contribution in [0.1, 0.15) is 23.6 Å². The molecular weight excluding hydrogens is 376 g/mol. The maximum absolute atomic E-state index is 2.53. The Hall–Kier alpha value is -3.52. The lowest BCUT2D eigenvalue weighted by atomic mass is 9.98. The van der Waals surface area contributed by atoms with Gasteiger partial charge in [-0.3, -0.25) is 0 Å². The van der Waals surface area contributed by atoms with Gasteiger partial charge in [-0.15, -0.1) is 0 Å². The fourth-order valence-electron chi connectivity index (χ4n) is 5.50. The van der Waals surface area contributed by atoms with E-state index in [9.17, 15) is 0 Å². The molecule has 2 nitrogen and oxygen atoms in total. The Balaban J connectivity index is 1.87. The molecule has 2 heterocycles. The van der Waals surface area contributed by atoms with Crippen molar-refractivity contribution >= 4 is 43.6 Å². The minimum atomic E-state index is 0.878. The largest absolute Gasteiger partial charge is 0.340 e. The van der Waals surface area contributed by atoms with Gasteiger partial charge in [0, 0.05) is 45.7 Å². The second-order valence-corrected chi connectivity index (χ2v) is 8.55. The standard InChI is InChI=1S/C29H26N2/c1-4-30-24-16-10-8-14-22(24)26-19(2)20(3)28-27(29(26)30)23-15-9-11-17-25(23)31(28)18-21-12-6-5-7-13-21/h5-17H,4,18H2,1-3H3. The number of fused-ring (bicyclic) bond motifs is 7. The van der Waals surface area contributed by atoms with Crippen LogP contribution < -0.4 is 0 Å². The summed E-state index contributed by atoms with van der Waals surface area (Å²) in [5, 5.41) is 5.51. The van der Waals surface area contributed by atoms with E-state index in [1.54, 1.807) is 0 Å². The van der Waals surface area contributed by atoms with Crippen molar-refractivity contribution in [2.45, 2.75) is 33.9 Å². The fraction of sp³-hybridized carbons (Fsp3) is 0.172. The summed E-state index contributed by atoms with van der Waals surface area (Å²) in [5.41, 5.74) is 9.49. The molecule has 6 rings (SSSR count). The third-order valence-corrected chi connectivity index (χ3v) is 6.97. The molecule has 0 atom stereocenters. The van der Waals surface area contributed by atoms with Gasteiger partial charge in [-0.05, 0) is 49.6 Å². The molecule has 0 aliphatic heterocycles. The van der Waals surface area contributed by atoms with Crippen LogP contribution in [-0.2, 0) is 13.1 Å². The van der Waals surface area contributed by atoms with Crippen molar-refractivity contribution in [3.05, 3.63) is 95.6 Å². The lowest BCUT2D eigenvalue weighted by Gasteiger charge is -2.13. The molecule has 0 bridgehead atoms. The molecule has 31 heavy (non-hydrogen) atoms. The van der Waals surface area contributed by atoms with E-state index in [1.807, 2.05) is 0 Å². The van der Waals surface area contributed by atoms with Gasteiger partial charge in [0.1, 0.15) is 0 Å². The molecule has 152 valence electrons. The van der Waals surface area contributed by atoms with Gasteiger partial charge >= 0.3 is 0 Å². The first kappa shape index (κ1) is 18.3. The second kappa shape index (κ2) is 6.75. The Labute approximate surface area is 182 Å². The van der Waals surface area contributed by atoms with Gasteiger partial charge in [0.2, 0.25) is 0 Å². The topological polar surface area (TPSA) is 9.86 Å². The first-order valence-corrected chi connectivity index (χ1v) is 11.2. The zero-order valence-electron chi connectivity index (χ0n) is 18.3. The molecule has 0 aliphatic rings. The normalized spacial score (nSPS) is 12.0. The number of hydrogen-bond acceptors (Lipinski definition) is 0. The summed E-state index contributed by atoms with van der Waals surface area (Å²) >= 11 is 0. The van der Waals surface area contributed by atoms with Crippen molar-refractivity contribution in [1.29, 1.82) is 0 Å². The molecule has 6 aromatic rings. The minimum Gasteiger partial charge on any atom is -0.340 e. The highest BCUT2D eigenvalue weighted by Gasteiger charge is 2.22. The molecule has 0 fully saturated rings. The summed E-state index contributed by atoms with van der Waals surface area (Å²) < 4.78 is 5.04. The summed E-state index contributed by atoms with van der Waals surface area (Å²) in [7, 11) is 0. The fourth-order valence-corrected chi connectivity index (χ4v) is 5.50. The lowest BCUT2D eigenvalue weighted by molar-refractivity contribution is 0.829. The van der Waals surface area contributed by atoms with Gasteiger partial charge in [0.05, 0.1) is 11.0 Å². The second-order valence-electron chi connectivity index (χ2n) is 8.55. The number of para-hydroxylation sites is 2. The number of rotatable bonds is 3. The first-order valence-electron chi connectivity index (χ1n) is 11.2. The van der Waals surface area contributed by atoms with Crippen molar-refractivity contribution in [3.63, 3.8) is 0 Å². The highest BCUT2D eigenvalue weighted by Crippen LogP contribution is 2.43. The monoisotopic (exact) mass is 402 g/mol. The Morgan fingerprint density at radius 3 is 1.84 bits per heavy atom. The van der Waals surface area contributed by atoms with Crippen LogP contribution in [0.5, 0.6) is 0 Å². The Morgan fingerprint density at radius 2 is 1.16 bits per heavy atom. The van der Waals surface area contributed by atoms with Crippen LogP contribution in [0.15, 0.2) is 78.9 Å². The van der Waals surface area contributed by atoms with Crippen LogP contribution in [0.25, 0.3) is 43.6 Å². The maximum atomic E-state index is 2.53. The van der Waals surface area contributed by atoms with E-state index in [0.717, 1.165) is 13.1 Å². The summed E-state index contributed by atoms with van der Waals surface area (Å²) in [6, 6.07) is 28.6.